The lowest BCUT2D eigenvalue weighted by molar-refractivity contribution is 0.112. The van der Waals surface area contributed by atoms with Gasteiger partial charge in [-0.15, -0.1) is 24.0 Å². The molecule has 0 amide bonds. The Labute approximate surface area is 180 Å². The number of hydrogen-bond donors (Lipinski definition) is 2. The summed E-state index contributed by atoms with van der Waals surface area (Å²) >= 11 is 4.03. The first-order valence-electron chi connectivity index (χ1n) is 9.65. The number of halogens is 1. The predicted octanol–water partition coefficient (Wildman–Crippen LogP) is 3.66. The molecule has 148 valence electrons. The van der Waals surface area contributed by atoms with E-state index in [9.17, 15) is 0 Å². The zero-order chi connectivity index (χ0) is 17.1. The number of aliphatic imine (C=N–C) groups is 1. The molecular weight excluding hydrogens is 463 g/mol. The minimum Gasteiger partial charge on any atom is -0.357 e. The van der Waals surface area contributed by atoms with Crippen LogP contribution in [0.25, 0.3) is 0 Å². The summed E-state index contributed by atoms with van der Waals surface area (Å²) in [5.74, 6) is 4.85. The van der Waals surface area contributed by atoms with Gasteiger partial charge in [0.15, 0.2) is 5.96 Å². The summed E-state index contributed by atoms with van der Waals surface area (Å²) in [4.78, 5) is 7.75. The first-order valence-corrected chi connectivity index (χ1v) is 12.2. The van der Waals surface area contributed by atoms with Crippen molar-refractivity contribution in [2.75, 3.05) is 56.2 Å². The van der Waals surface area contributed by atoms with Crippen LogP contribution in [-0.4, -0.2) is 72.6 Å². The highest BCUT2D eigenvalue weighted by Gasteiger charge is 2.39. The van der Waals surface area contributed by atoms with E-state index < -0.39 is 0 Å². The Morgan fingerprint density at radius 1 is 1.16 bits per heavy atom. The first kappa shape index (κ1) is 23.7. The number of thioether (sulfide) groups is 2. The maximum atomic E-state index is 5.00. The second-order valence-corrected chi connectivity index (χ2v) is 9.06. The molecule has 0 bridgehead atoms. The molecule has 1 aliphatic carbocycles. The second kappa shape index (κ2) is 13.8. The average Bonchev–Trinajstić information content (AvgIpc) is 3.10. The van der Waals surface area contributed by atoms with Crippen LogP contribution >= 0.6 is 47.5 Å². The van der Waals surface area contributed by atoms with Gasteiger partial charge in [-0.2, -0.15) is 23.5 Å². The molecule has 0 unspecified atom stereocenters. The van der Waals surface area contributed by atoms with Crippen molar-refractivity contribution in [3.05, 3.63) is 0 Å². The third-order valence-corrected chi connectivity index (χ3v) is 6.80. The quantitative estimate of drug-likeness (QED) is 0.219. The number of guanidine groups is 1. The van der Waals surface area contributed by atoms with Gasteiger partial charge in [0.05, 0.1) is 6.54 Å². The molecule has 0 aromatic rings. The van der Waals surface area contributed by atoms with Crippen molar-refractivity contribution in [1.82, 2.24) is 15.5 Å². The molecule has 7 heteroatoms. The normalized spacial score (nSPS) is 21.0. The van der Waals surface area contributed by atoms with Crippen molar-refractivity contribution in [3.8, 4) is 0 Å². The molecule has 1 saturated carbocycles. The standard InChI is InChI=1S/C18H36N4S2.HI/c1-3-19-17(20-10-6-7-13-23-2)21-16-18(8-4-5-9-18)22-11-14-24-15-12-22;/h3-16H2,1-2H3,(H2,19,20,21);1H. The molecule has 1 saturated heterocycles. The molecule has 2 N–H and O–H groups in total. The van der Waals surface area contributed by atoms with Crippen LogP contribution in [0.15, 0.2) is 4.99 Å². The van der Waals surface area contributed by atoms with Crippen LogP contribution in [0.1, 0.15) is 45.4 Å². The van der Waals surface area contributed by atoms with Crippen LogP contribution in [0.4, 0.5) is 0 Å². The van der Waals surface area contributed by atoms with Gasteiger partial charge >= 0.3 is 0 Å². The van der Waals surface area contributed by atoms with E-state index in [4.69, 9.17) is 4.99 Å². The number of hydrogen-bond acceptors (Lipinski definition) is 4. The molecule has 1 aliphatic heterocycles. The molecule has 0 aromatic heterocycles. The van der Waals surface area contributed by atoms with Gasteiger partial charge < -0.3 is 10.6 Å². The maximum Gasteiger partial charge on any atom is 0.191 e. The maximum absolute atomic E-state index is 5.00. The predicted molar refractivity (Wildman–Crippen MR) is 127 cm³/mol. The van der Waals surface area contributed by atoms with Crippen LogP contribution in [0, 0.1) is 0 Å². The largest absolute Gasteiger partial charge is 0.357 e. The lowest BCUT2D eigenvalue weighted by atomic mass is 9.95. The van der Waals surface area contributed by atoms with Crippen molar-refractivity contribution < 1.29 is 0 Å². The van der Waals surface area contributed by atoms with Crippen molar-refractivity contribution in [2.45, 2.75) is 51.0 Å². The van der Waals surface area contributed by atoms with Crippen LogP contribution in [0.5, 0.6) is 0 Å². The third-order valence-electron chi connectivity index (χ3n) is 5.16. The number of unbranched alkanes of at least 4 members (excludes halogenated alkanes) is 1. The van der Waals surface area contributed by atoms with Gasteiger partial charge in [-0.05, 0) is 44.6 Å². The van der Waals surface area contributed by atoms with Crippen LogP contribution in [0.3, 0.4) is 0 Å². The third kappa shape index (κ3) is 8.05. The van der Waals surface area contributed by atoms with E-state index in [-0.39, 0.29) is 24.0 Å². The highest BCUT2D eigenvalue weighted by atomic mass is 127. The highest BCUT2D eigenvalue weighted by Crippen LogP contribution is 2.37. The monoisotopic (exact) mass is 500 g/mol. The van der Waals surface area contributed by atoms with Crippen LogP contribution in [-0.2, 0) is 0 Å². The summed E-state index contributed by atoms with van der Waals surface area (Å²) in [6.45, 7) is 7.57. The summed E-state index contributed by atoms with van der Waals surface area (Å²) in [5, 5.41) is 6.96. The van der Waals surface area contributed by atoms with Gasteiger partial charge in [-0.25, -0.2) is 0 Å². The van der Waals surface area contributed by atoms with Gasteiger partial charge in [0, 0.05) is 43.2 Å². The van der Waals surface area contributed by atoms with E-state index in [1.807, 2.05) is 11.8 Å². The van der Waals surface area contributed by atoms with Crippen LogP contribution < -0.4 is 10.6 Å². The topological polar surface area (TPSA) is 39.7 Å². The number of rotatable bonds is 9. The Balaban J connectivity index is 0.00000312. The van der Waals surface area contributed by atoms with Crippen LogP contribution in [0.2, 0.25) is 0 Å². The summed E-state index contributed by atoms with van der Waals surface area (Å²) in [6, 6.07) is 0. The molecule has 2 rings (SSSR count). The molecule has 0 radical (unpaired) electrons. The van der Waals surface area contributed by atoms with Crippen molar-refractivity contribution in [1.29, 1.82) is 0 Å². The fourth-order valence-electron chi connectivity index (χ4n) is 3.79. The molecule has 2 aliphatic rings. The fraction of sp³-hybridized carbons (Fsp3) is 0.944. The molecular formula is C18H37IN4S2. The molecule has 0 aromatic carbocycles. The molecule has 0 spiro atoms. The van der Waals surface area contributed by atoms with Gasteiger partial charge in [0.1, 0.15) is 0 Å². The Kier molecular flexibility index (Phi) is 13.1. The summed E-state index contributed by atoms with van der Waals surface area (Å²) in [5.41, 5.74) is 0.335. The summed E-state index contributed by atoms with van der Waals surface area (Å²) in [7, 11) is 0. The average molecular weight is 501 g/mol. The lowest BCUT2D eigenvalue weighted by Crippen LogP contribution is -2.53. The highest BCUT2D eigenvalue weighted by molar-refractivity contribution is 14.0. The molecule has 0 atom stereocenters. The summed E-state index contributed by atoms with van der Waals surface area (Å²) in [6.07, 6.45) is 10.1. The summed E-state index contributed by atoms with van der Waals surface area (Å²) < 4.78 is 0. The lowest BCUT2D eigenvalue weighted by Gasteiger charge is -2.42. The first-order chi connectivity index (χ1) is 11.8. The van der Waals surface area contributed by atoms with Crippen molar-refractivity contribution >= 4 is 53.5 Å². The van der Waals surface area contributed by atoms with Crippen molar-refractivity contribution in [2.24, 2.45) is 4.99 Å². The minimum atomic E-state index is 0. The van der Waals surface area contributed by atoms with E-state index in [1.54, 1.807) is 0 Å². The molecule has 1 heterocycles. The molecule has 2 fully saturated rings. The van der Waals surface area contributed by atoms with E-state index >= 15 is 0 Å². The Bertz CT molecular complexity index is 370. The van der Waals surface area contributed by atoms with E-state index in [0.29, 0.717) is 5.54 Å². The van der Waals surface area contributed by atoms with Gasteiger partial charge in [-0.3, -0.25) is 9.89 Å². The smallest absolute Gasteiger partial charge is 0.191 e. The van der Waals surface area contributed by atoms with E-state index in [0.717, 1.165) is 25.6 Å². The fourth-order valence-corrected chi connectivity index (χ4v) is 5.19. The van der Waals surface area contributed by atoms with Gasteiger partial charge in [0.25, 0.3) is 0 Å². The SMILES string of the molecule is CCNC(=NCC1(N2CCSCC2)CCCC1)NCCCCSC.I. The van der Waals surface area contributed by atoms with E-state index in [2.05, 4.69) is 40.5 Å². The van der Waals surface area contributed by atoms with Gasteiger partial charge in [-0.1, -0.05) is 12.8 Å². The van der Waals surface area contributed by atoms with E-state index in [1.165, 1.54) is 68.9 Å². The molecule has 4 nitrogen and oxygen atoms in total. The number of nitrogens with zero attached hydrogens (tertiary/aromatic N) is 2. The zero-order valence-corrected chi connectivity index (χ0v) is 20.0. The van der Waals surface area contributed by atoms with Gasteiger partial charge in [0.2, 0.25) is 0 Å². The number of nitrogens with one attached hydrogen (secondary N) is 2. The second-order valence-electron chi connectivity index (χ2n) is 6.85. The van der Waals surface area contributed by atoms with Crippen molar-refractivity contribution in [3.63, 3.8) is 0 Å². The Morgan fingerprint density at radius 3 is 2.52 bits per heavy atom. The molecule has 25 heavy (non-hydrogen) atoms. The Hall–Kier alpha value is 0.660. The Morgan fingerprint density at radius 2 is 1.88 bits per heavy atom. The minimum absolute atomic E-state index is 0. The zero-order valence-electron chi connectivity index (χ0n) is 16.0.